The van der Waals surface area contributed by atoms with E-state index in [1.165, 1.54) is 8.61 Å². The lowest BCUT2D eigenvalue weighted by Crippen LogP contribution is -2.57. The molecule has 0 saturated carbocycles. The quantitative estimate of drug-likeness (QED) is 0.584. The summed E-state index contributed by atoms with van der Waals surface area (Å²) in [6.07, 6.45) is 0.837. The molecule has 172 valence electrons. The second-order valence-corrected chi connectivity index (χ2v) is 10.2. The predicted octanol–water partition coefficient (Wildman–Crippen LogP) is 0.486. The van der Waals surface area contributed by atoms with Gasteiger partial charge in [0, 0.05) is 75.9 Å². The lowest BCUT2D eigenvalue weighted by Gasteiger charge is -2.39. The van der Waals surface area contributed by atoms with Gasteiger partial charge in [-0.05, 0) is 37.7 Å². The summed E-state index contributed by atoms with van der Waals surface area (Å²) in [5.41, 5.74) is 0.522. The van der Waals surface area contributed by atoms with Gasteiger partial charge in [0.25, 0.3) is 16.1 Å². The number of hydrogen-bond acceptors (Lipinski definition) is 5. The van der Waals surface area contributed by atoms with Gasteiger partial charge in [-0.3, -0.25) is 9.59 Å². The molecule has 31 heavy (non-hydrogen) atoms. The van der Waals surface area contributed by atoms with Crippen molar-refractivity contribution in [3.8, 4) is 0 Å². The average Bonchev–Trinajstić information content (AvgIpc) is 2.77. The van der Waals surface area contributed by atoms with E-state index in [2.05, 4.69) is 10.2 Å². The molecule has 0 unspecified atom stereocenters. The second-order valence-electron chi connectivity index (χ2n) is 7.86. The predicted molar refractivity (Wildman–Crippen MR) is 119 cm³/mol. The Kier molecular flexibility index (Phi) is 8.29. The number of carbonyl (C=O) groups is 2. The lowest BCUT2D eigenvalue weighted by atomic mass is 10.2. The Morgan fingerprint density at radius 1 is 0.935 bits per heavy atom. The molecule has 2 amide bonds. The summed E-state index contributed by atoms with van der Waals surface area (Å²) < 4.78 is 28.6. The summed E-state index contributed by atoms with van der Waals surface area (Å²) in [4.78, 5) is 28.3. The van der Waals surface area contributed by atoms with Crippen molar-refractivity contribution in [3.05, 3.63) is 34.9 Å². The van der Waals surface area contributed by atoms with Gasteiger partial charge in [0.1, 0.15) is 0 Å². The summed E-state index contributed by atoms with van der Waals surface area (Å²) >= 11 is 5.82. The van der Waals surface area contributed by atoms with E-state index in [-0.39, 0.29) is 11.8 Å². The standard InChI is InChI=1S/C20H30ClN5O4S/c1-23-9-13-25(14-10-23)31(29,30)26-15-11-24(12-16-26)19(27)3-2-8-22-20(28)17-4-6-18(21)7-5-17/h4-7H,2-3,8-16H2,1H3,(H,22,28). The van der Waals surface area contributed by atoms with Crippen molar-refractivity contribution in [3.63, 3.8) is 0 Å². The zero-order valence-corrected chi connectivity index (χ0v) is 19.4. The maximum atomic E-state index is 12.8. The zero-order valence-electron chi connectivity index (χ0n) is 17.8. The van der Waals surface area contributed by atoms with Crippen LogP contribution in [0.2, 0.25) is 5.02 Å². The fraction of sp³-hybridized carbons (Fsp3) is 0.600. The molecular weight excluding hydrogens is 442 g/mol. The number of rotatable bonds is 7. The molecule has 1 N–H and O–H groups in total. The molecule has 0 atom stereocenters. The highest BCUT2D eigenvalue weighted by molar-refractivity contribution is 7.86. The van der Waals surface area contributed by atoms with E-state index in [4.69, 9.17) is 11.6 Å². The molecule has 0 radical (unpaired) electrons. The molecule has 0 aromatic heterocycles. The van der Waals surface area contributed by atoms with Crippen LogP contribution in [0.15, 0.2) is 24.3 Å². The van der Waals surface area contributed by atoms with Crippen molar-refractivity contribution in [1.29, 1.82) is 0 Å². The first-order valence-corrected chi connectivity index (χ1v) is 12.3. The molecule has 0 bridgehead atoms. The number of piperazine rings is 2. The van der Waals surface area contributed by atoms with Crippen molar-refractivity contribution in [2.24, 2.45) is 0 Å². The third kappa shape index (κ3) is 6.39. The monoisotopic (exact) mass is 471 g/mol. The SMILES string of the molecule is CN1CCN(S(=O)(=O)N2CCN(C(=O)CCCNC(=O)c3ccc(Cl)cc3)CC2)CC1. The third-order valence-corrected chi connectivity index (χ3v) is 7.95. The van der Waals surface area contributed by atoms with E-state index in [0.717, 1.165) is 13.1 Å². The maximum Gasteiger partial charge on any atom is 0.282 e. The van der Waals surface area contributed by atoms with Crippen molar-refractivity contribution in [2.75, 3.05) is 66.0 Å². The van der Waals surface area contributed by atoms with Gasteiger partial charge >= 0.3 is 0 Å². The Labute approximate surface area is 189 Å². The Morgan fingerprint density at radius 2 is 1.48 bits per heavy atom. The smallest absolute Gasteiger partial charge is 0.282 e. The van der Waals surface area contributed by atoms with Crippen molar-refractivity contribution in [1.82, 2.24) is 23.7 Å². The molecule has 2 aliphatic rings. The van der Waals surface area contributed by atoms with Gasteiger partial charge in [0.05, 0.1) is 0 Å². The Hall–Kier alpha value is -1.72. The number of amides is 2. The van der Waals surface area contributed by atoms with Crippen LogP contribution in [0, 0.1) is 0 Å². The minimum Gasteiger partial charge on any atom is -0.352 e. The van der Waals surface area contributed by atoms with Gasteiger partial charge in [0.15, 0.2) is 0 Å². The van der Waals surface area contributed by atoms with Crippen LogP contribution in [-0.2, 0) is 15.0 Å². The van der Waals surface area contributed by atoms with Gasteiger partial charge in [-0.1, -0.05) is 11.6 Å². The molecule has 2 heterocycles. The number of hydrogen-bond donors (Lipinski definition) is 1. The van der Waals surface area contributed by atoms with Crippen LogP contribution in [0.1, 0.15) is 23.2 Å². The number of carbonyl (C=O) groups excluding carboxylic acids is 2. The van der Waals surface area contributed by atoms with Crippen molar-refractivity contribution < 1.29 is 18.0 Å². The fourth-order valence-electron chi connectivity index (χ4n) is 3.65. The van der Waals surface area contributed by atoms with Crippen LogP contribution >= 0.6 is 11.6 Å². The minimum atomic E-state index is -3.47. The van der Waals surface area contributed by atoms with Crippen molar-refractivity contribution in [2.45, 2.75) is 12.8 Å². The lowest BCUT2D eigenvalue weighted by molar-refractivity contribution is -0.132. The van der Waals surface area contributed by atoms with Crippen LogP contribution < -0.4 is 5.32 Å². The highest BCUT2D eigenvalue weighted by atomic mass is 35.5. The van der Waals surface area contributed by atoms with Gasteiger partial charge in [-0.2, -0.15) is 17.0 Å². The minimum absolute atomic E-state index is 0.0163. The van der Waals surface area contributed by atoms with Gasteiger partial charge in [0.2, 0.25) is 5.91 Å². The van der Waals surface area contributed by atoms with Gasteiger partial charge in [-0.25, -0.2) is 0 Å². The molecule has 2 fully saturated rings. The zero-order chi connectivity index (χ0) is 22.4. The summed E-state index contributed by atoms with van der Waals surface area (Å²) in [7, 11) is -1.49. The second kappa shape index (κ2) is 10.7. The molecular formula is C20H30ClN5O4S. The Bertz CT molecular complexity index is 864. The summed E-state index contributed by atoms with van der Waals surface area (Å²) in [6, 6.07) is 6.62. The van der Waals surface area contributed by atoms with Crippen LogP contribution in [0.3, 0.4) is 0 Å². The van der Waals surface area contributed by atoms with Crippen LogP contribution in [-0.4, -0.2) is 105 Å². The molecule has 0 spiro atoms. The molecule has 9 nitrogen and oxygen atoms in total. The Morgan fingerprint density at radius 3 is 2.06 bits per heavy atom. The highest BCUT2D eigenvalue weighted by Crippen LogP contribution is 2.15. The van der Waals surface area contributed by atoms with Crippen LogP contribution in [0.5, 0.6) is 0 Å². The van der Waals surface area contributed by atoms with Gasteiger partial charge < -0.3 is 15.1 Å². The van der Waals surface area contributed by atoms with E-state index in [1.807, 2.05) is 7.05 Å². The number of nitrogens with zero attached hydrogens (tertiary/aromatic N) is 4. The largest absolute Gasteiger partial charge is 0.352 e. The topological polar surface area (TPSA) is 93.3 Å². The first kappa shape index (κ1) is 23.9. The summed E-state index contributed by atoms with van der Waals surface area (Å²) in [5.74, 6) is -0.218. The maximum absolute atomic E-state index is 12.8. The fourth-order valence-corrected chi connectivity index (χ4v) is 5.36. The molecule has 11 heteroatoms. The van der Waals surface area contributed by atoms with E-state index >= 15 is 0 Å². The molecule has 2 saturated heterocycles. The van der Waals surface area contributed by atoms with E-state index in [0.29, 0.717) is 69.2 Å². The molecule has 0 aliphatic carbocycles. The summed E-state index contributed by atoms with van der Waals surface area (Å²) in [6.45, 7) is 4.26. The number of halogens is 1. The van der Waals surface area contributed by atoms with Crippen molar-refractivity contribution >= 4 is 33.6 Å². The number of benzene rings is 1. The molecule has 1 aromatic carbocycles. The van der Waals surface area contributed by atoms with Crippen LogP contribution in [0.25, 0.3) is 0 Å². The van der Waals surface area contributed by atoms with Crippen LogP contribution in [0.4, 0.5) is 0 Å². The normalized spacial score (nSPS) is 19.4. The molecule has 2 aliphatic heterocycles. The average molecular weight is 472 g/mol. The molecule has 1 aromatic rings. The van der Waals surface area contributed by atoms with E-state index < -0.39 is 10.2 Å². The first-order chi connectivity index (χ1) is 14.8. The number of likely N-dealkylation sites (N-methyl/N-ethyl adjacent to an activating group) is 1. The van der Waals surface area contributed by atoms with E-state index in [1.54, 1.807) is 29.2 Å². The molecule has 3 rings (SSSR count). The number of nitrogens with one attached hydrogen (secondary N) is 1. The highest BCUT2D eigenvalue weighted by Gasteiger charge is 2.34. The third-order valence-electron chi connectivity index (χ3n) is 5.67. The van der Waals surface area contributed by atoms with E-state index in [9.17, 15) is 18.0 Å². The first-order valence-electron chi connectivity index (χ1n) is 10.5. The Balaban J connectivity index is 1.37. The van der Waals surface area contributed by atoms with Gasteiger partial charge in [-0.15, -0.1) is 0 Å². The summed E-state index contributed by atoms with van der Waals surface area (Å²) in [5, 5.41) is 3.36.